The Labute approximate surface area is 163 Å². The maximum absolute atomic E-state index is 12.5. The number of pyridine rings is 1. The Balaban J connectivity index is 1.37. The molecule has 5 nitrogen and oxygen atoms in total. The number of benzene rings is 2. The predicted molar refractivity (Wildman–Crippen MR) is 113 cm³/mol. The number of aryl methyl sites for hydroxylation is 1. The highest BCUT2D eigenvalue weighted by molar-refractivity contribution is 5.95. The van der Waals surface area contributed by atoms with Crippen LogP contribution in [-0.4, -0.2) is 22.4 Å². The van der Waals surface area contributed by atoms with Crippen molar-refractivity contribution in [1.82, 2.24) is 15.3 Å². The molecule has 0 atom stereocenters. The van der Waals surface area contributed by atoms with Crippen LogP contribution in [0, 0.1) is 6.92 Å². The molecule has 28 heavy (non-hydrogen) atoms. The summed E-state index contributed by atoms with van der Waals surface area (Å²) in [7, 11) is 0. The second-order valence-corrected chi connectivity index (χ2v) is 6.79. The van der Waals surface area contributed by atoms with Crippen molar-refractivity contribution < 1.29 is 4.79 Å². The van der Waals surface area contributed by atoms with Crippen molar-refractivity contribution in [1.29, 1.82) is 0 Å². The summed E-state index contributed by atoms with van der Waals surface area (Å²) in [6.45, 7) is 2.62. The predicted octanol–water partition coefficient (Wildman–Crippen LogP) is 4.59. The van der Waals surface area contributed by atoms with Gasteiger partial charge in [0.1, 0.15) is 5.82 Å². The largest absolute Gasteiger partial charge is 0.361 e. The van der Waals surface area contributed by atoms with Crippen LogP contribution in [0.25, 0.3) is 10.9 Å². The lowest BCUT2D eigenvalue weighted by atomic mass is 10.1. The minimum atomic E-state index is -0.103. The number of aromatic amines is 1. The lowest BCUT2D eigenvalue weighted by molar-refractivity contribution is 0.0954. The summed E-state index contributed by atoms with van der Waals surface area (Å²) in [5.74, 6) is 0.544. The standard InChI is InChI=1S/C23H22N4O/c1-16-6-8-19(9-7-16)27-22-14-17(10-12-24-22)23(28)25-13-11-18-15-26-21-5-3-2-4-20(18)21/h2-10,12,14-15,26H,11,13H2,1H3,(H,24,27)(H,25,28). The van der Waals surface area contributed by atoms with E-state index in [-0.39, 0.29) is 5.91 Å². The van der Waals surface area contributed by atoms with Crippen LogP contribution in [0.15, 0.2) is 73.1 Å². The van der Waals surface area contributed by atoms with Gasteiger partial charge < -0.3 is 15.6 Å². The van der Waals surface area contributed by atoms with Gasteiger partial charge >= 0.3 is 0 Å². The van der Waals surface area contributed by atoms with Crippen molar-refractivity contribution in [2.75, 3.05) is 11.9 Å². The lowest BCUT2D eigenvalue weighted by Gasteiger charge is -2.08. The minimum Gasteiger partial charge on any atom is -0.361 e. The topological polar surface area (TPSA) is 69.8 Å². The normalized spacial score (nSPS) is 10.8. The van der Waals surface area contributed by atoms with Gasteiger partial charge in [0.25, 0.3) is 5.91 Å². The zero-order valence-corrected chi connectivity index (χ0v) is 15.7. The Bertz CT molecular complexity index is 1100. The molecule has 0 radical (unpaired) electrons. The van der Waals surface area contributed by atoms with Gasteiger partial charge in [0.15, 0.2) is 0 Å². The number of amides is 1. The zero-order valence-electron chi connectivity index (χ0n) is 15.7. The molecule has 5 heteroatoms. The number of carbonyl (C=O) groups is 1. The average Bonchev–Trinajstić information content (AvgIpc) is 3.13. The summed E-state index contributed by atoms with van der Waals surface area (Å²) in [5, 5.41) is 7.42. The molecule has 0 unspecified atom stereocenters. The molecule has 0 aliphatic heterocycles. The summed E-state index contributed by atoms with van der Waals surface area (Å²) < 4.78 is 0. The van der Waals surface area contributed by atoms with Gasteiger partial charge in [-0.15, -0.1) is 0 Å². The van der Waals surface area contributed by atoms with E-state index in [0.29, 0.717) is 17.9 Å². The monoisotopic (exact) mass is 370 g/mol. The molecule has 0 aliphatic carbocycles. The van der Waals surface area contributed by atoms with Gasteiger partial charge in [0.05, 0.1) is 0 Å². The lowest BCUT2D eigenvalue weighted by Crippen LogP contribution is -2.25. The molecule has 2 aromatic carbocycles. The van der Waals surface area contributed by atoms with Crippen molar-refractivity contribution >= 4 is 28.3 Å². The van der Waals surface area contributed by atoms with Crippen LogP contribution in [0.4, 0.5) is 11.5 Å². The SMILES string of the molecule is Cc1ccc(Nc2cc(C(=O)NCCc3c[nH]c4ccccc34)ccn2)cc1. The Morgan fingerprint density at radius 1 is 1.07 bits per heavy atom. The molecule has 0 spiro atoms. The number of hydrogen-bond donors (Lipinski definition) is 3. The summed E-state index contributed by atoms with van der Waals surface area (Å²) in [6, 6.07) is 19.7. The summed E-state index contributed by atoms with van der Waals surface area (Å²) in [5.41, 5.74) is 5.04. The van der Waals surface area contributed by atoms with Crippen LogP contribution in [0.2, 0.25) is 0 Å². The molecule has 2 aromatic heterocycles. The molecule has 2 heterocycles. The van der Waals surface area contributed by atoms with E-state index in [1.807, 2.05) is 49.5 Å². The molecule has 4 rings (SSSR count). The van der Waals surface area contributed by atoms with Gasteiger partial charge in [0.2, 0.25) is 0 Å². The molecule has 3 N–H and O–H groups in total. The number of H-pyrrole nitrogens is 1. The van der Waals surface area contributed by atoms with Crippen LogP contribution in [0.1, 0.15) is 21.5 Å². The molecule has 0 fully saturated rings. The van der Waals surface area contributed by atoms with Crippen LogP contribution in [0.5, 0.6) is 0 Å². The Morgan fingerprint density at radius 3 is 2.75 bits per heavy atom. The van der Waals surface area contributed by atoms with Gasteiger partial charge in [-0.25, -0.2) is 4.98 Å². The summed E-state index contributed by atoms with van der Waals surface area (Å²) in [6.07, 6.45) is 4.42. The van der Waals surface area contributed by atoms with Gasteiger partial charge in [0, 0.05) is 41.1 Å². The molecule has 140 valence electrons. The number of aromatic nitrogens is 2. The third-order valence-electron chi connectivity index (χ3n) is 4.70. The quantitative estimate of drug-likeness (QED) is 0.465. The van der Waals surface area contributed by atoms with E-state index in [4.69, 9.17) is 0 Å². The van der Waals surface area contributed by atoms with Crippen molar-refractivity contribution in [3.05, 3.63) is 89.7 Å². The van der Waals surface area contributed by atoms with E-state index in [1.165, 1.54) is 16.5 Å². The van der Waals surface area contributed by atoms with Crippen molar-refractivity contribution in [2.24, 2.45) is 0 Å². The smallest absolute Gasteiger partial charge is 0.251 e. The second kappa shape index (κ2) is 7.96. The average molecular weight is 370 g/mol. The third kappa shape index (κ3) is 4.04. The number of para-hydroxylation sites is 1. The van der Waals surface area contributed by atoms with E-state index in [2.05, 4.69) is 32.7 Å². The fraction of sp³-hybridized carbons (Fsp3) is 0.130. The van der Waals surface area contributed by atoms with E-state index < -0.39 is 0 Å². The molecule has 4 aromatic rings. The maximum Gasteiger partial charge on any atom is 0.251 e. The third-order valence-corrected chi connectivity index (χ3v) is 4.70. The van der Waals surface area contributed by atoms with Crippen molar-refractivity contribution in [3.8, 4) is 0 Å². The number of rotatable bonds is 6. The van der Waals surface area contributed by atoms with Crippen LogP contribution >= 0.6 is 0 Å². The Morgan fingerprint density at radius 2 is 1.89 bits per heavy atom. The van der Waals surface area contributed by atoms with Crippen LogP contribution in [0.3, 0.4) is 0 Å². The summed E-state index contributed by atoms with van der Waals surface area (Å²) in [4.78, 5) is 20.1. The fourth-order valence-electron chi connectivity index (χ4n) is 3.18. The highest BCUT2D eigenvalue weighted by Gasteiger charge is 2.08. The first kappa shape index (κ1) is 17.8. The molecule has 0 saturated heterocycles. The molecular formula is C23H22N4O. The zero-order chi connectivity index (χ0) is 19.3. The first-order valence-electron chi connectivity index (χ1n) is 9.32. The highest BCUT2D eigenvalue weighted by Crippen LogP contribution is 2.18. The molecule has 0 bridgehead atoms. The first-order valence-corrected chi connectivity index (χ1v) is 9.32. The molecule has 1 amide bonds. The number of carbonyl (C=O) groups excluding carboxylic acids is 1. The first-order chi connectivity index (χ1) is 13.7. The van der Waals surface area contributed by atoms with Crippen molar-refractivity contribution in [3.63, 3.8) is 0 Å². The van der Waals surface area contributed by atoms with Gasteiger partial charge in [-0.2, -0.15) is 0 Å². The van der Waals surface area contributed by atoms with E-state index >= 15 is 0 Å². The van der Waals surface area contributed by atoms with Crippen molar-refractivity contribution in [2.45, 2.75) is 13.3 Å². The number of nitrogens with one attached hydrogen (secondary N) is 3. The number of nitrogens with zero attached hydrogens (tertiary/aromatic N) is 1. The Kier molecular flexibility index (Phi) is 5.06. The molecule has 0 aliphatic rings. The number of fused-ring (bicyclic) bond motifs is 1. The molecular weight excluding hydrogens is 348 g/mol. The second-order valence-electron chi connectivity index (χ2n) is 6.79. The van der Waals surface area contributed by atoms with Gasteiger partial charge in [-0.05, 0) is 49.2 Å². The number of anilines is 2. The van der Waals surface area contributed by atoms with E-state index in [9.17, 15) is 4.79 Å². The summed E-state index contributed by atoms with van der Waals surface area (Å²) >= 11 is 0. The minimum absolute atomic E-state index is 0.103. The van der Waals surface area contributed by atoms with Crippen LogP contribution in [-0.2, 0) is 6.42 Å². The van der Waals surface area contributed by atoms with E-state index in [0.717, 1.165) is 17.6 Å². The maximum atomic E-state index is 12.5. The van der Waals surface area contributed by atoms with Gasteiger partial charge in [-0.3, -0.25) is 4.79 Å². The highest BCUT2D eigenvalue weighted by atomic mass is 16.1. The fourth-order valence-corrected chi connectivity index (χ4v) is 3.18. The van der Waals surface area contributed by atoms with E-state index in [1.54, 1.807) is 18.3 Å². The Hall–Kier alpha value is -3.60. The number of hydrogen-bond acceptors (Lipinski definition) is 3. The van der Waals surface area contributed by atoms with Gasteiger partial charge in [-0.1, -0.05) is 35.9 Å². The van der Waals surface area contributed by atoms with Crippen LogP contribution < -0.4 is 10.6 Å². The molecule has 0 saturated carbocycles.